The van der Waals surface area contributed by atoms with Crippen LogP contribution >= 0.6 is 11.8 Å². The van der Waals surface area contributed by atoms with Gasteiger partial charge in [-0.15, -0.1) is 24.7 Å². The van der Waals surface area contributed by atoms with Gasteiger partial charge in [0.05, 0.1) is 17.1 Å². The molecule has 45 heavy (non-hydrogen) atoms. The third-order valence-corrected chi connectivity index (χ3v) is 7.28. The van der Waals surface area contributed by atoms with Gasteiger partial charge < -0.3 is 10.1 Å². The molecule has 1 aromatic heterocycles. The number of terminal acetylenes is 1. The molecule has 234 valence electrons. The Morgan fingerprint density at radius 3 is 2.44 bits per heavy atom. The van der Waals surface area contributed by atoms with Crippen molar-refractivity contribution in [3.05, 3.63) is 89.7 Å². The van der Waals surface area contributed by atoms with E-state index in [1.165, 1.54) is 47.0 Å². The molecule has 12 heteroatoms. The van der Waals surface area contributed by atoms with Crippen LogP contribution in [-0.2, 0) is 6.42 Å². The summed E-state index contributed by atoms with van der Waals surface area (Å²) in [7, 11) is 0. The van der Waals surface area contributed by atoms with E-state index in [0.717, 1.165) is 27.9 Å². The predicted octanol–water partition coefficient (Wildman–Crippen LogP) is 7.55. The average molecular weight is 635 g/mol. The zero-order chi connectivity index (χ0) is 32.6. The van der Waals surface area contributed by atoms with Crippen molar-refractivity contribution in [3.8, 4) is 35.2 Å². The molecule has 1 heterocycles. The molecule has 0 aliphatic heterocycles. The highest BCUT2D eigenvalue weighted by atomic mass is 32.2. The maximum atomic E-state index is 12.9. The summed E-state index contributed by atoms with van der Waals surface area (Å²) in [5.74, 6) is 3.33. The molecule has 4 aromatic rings. The van der Waals surface area contributed by atoms with Gasteiger partial charge in [0.25, 0.3) is 0 Å². The monoisotopic (exact) mass is 634 g/mol. The maximum Gasteiger partial charge on any atom is 0.573 e. The number of hydrogen-bond acceptors (Lipinski definition) is 6. The van der Waals surface area contributed by atoms with E-state index in [4.69, 9.17) is 11.4 Å². The second-order valence-electron chi connectivity index (χ2n) is 10.6. The first kappa shape index (κ1) is 33.1. The van der Waals surface area contributed by atoms with Crippen molar-refractivity contribution >= 4 is 28.6 Å². The Balaban J connectivity index is 1.36. The summed E-state index contributed by atoms with van der Waals surface area (Å²) in [6, 6.07) is 18.5. The lowest BCUT2D eigenvalue weighted by atomic mass is 10.00. The number of alkyl halides is 3. The third kappa shape index (κ3) is 9.87. The van der Waals surface area contributed by atoms with E-state index in [0.29, 0.717) is 28.9 Å². The number of aromatic nitrogens is 3. The van der Waals surface area contributed by atoms with Crippen molar-refractivity contribution in [3.63, 3.8) is 0 Å². The first-order valence-corrected chi connectivity index (χ1v) is 15.1. The molecule has 4 rings (SSSR count). The number of nitrogens with one attached hydrogen (secondary N) is 2. The van der Waals surface area contributed by atoms with E-state index in [9.17, 15) is 18.0 Å². The van der Waals surface area contributed by atoms with Gasteiger partial charge in [0.15, 0.2) is 11.0 Å². The molecule has 0 aliphatic rings. The van der Waals surface area contributed by atoms with E-state index < -0.39 is 6.36 Å². The molecule has 8 nitrogen and oxygen atoms in total. The van der Waals surface area contributed by atoms with Crippen LogP contribution in [-0.4, -0.2) is 44.1 Å². The second kappa shape index (κ2) is 14.8. The van der Waals surface area contributed by atoms with Gasteiger partial charge in [0.2, 0.25) is 0 Å². The maximum absolute atomic E-state index is 12.9. The van der Waals surface area contributed by atoms with Crippen LogP contribution in [0.3, 0.4) is 0 Å². The van der Waals surface area contributed by atoms with Gasteiger partial charge in [0, 0.05) is 11.6 Å². The fraction of sp³-hybridized carbons (Fsp3) is 0.273. The van der Waals surface area contributed by atoms with Crippen LogP contribution in [0.25, 0.3) is 17.1 Å². The lowest BCUT2D eigenvalue weighted by molar-refractivity contribution is -0.274. The highest BCUT2D eigenvalue weighted by Gasteiger charge is 2.31. The van der Waals surface area contributed by atoms with E-state index in [2.05, 4.69) is 51.3 Å². The molecule has 0 radical (unpaired) electrons. The molecule has 0 saturated carbocycles. The normalized spacial score (nSPS) is 12.5. The van der Waals surface area contributed by atoms with Gasteiger partial charge in [-0.25, -0.2) is 19.5 Å². The molecule has 0 bridgehead atoms. The standard InChI is InChI=1S/C33H33F3N6O2S/c1-6-17-45-32(39-29-18-22(4)7-16-28(29)21(2)3)40-31(43)38-23(5)19-24-8-10-25(11-9-24)30-37-20-42(41-30)26-12-14-27(15-13-26)44-33(34,35)36/h1,7-16,18,20-21,23H,17,19H2,2-5H3,(H2,38,39,40,43). The Labute approximate surface area is 264 Å². The predicted molar refractivity (Wildman–Crippen MR) is 172 cm³/mol. The summed E-state index contributed by atoms with van der Waals surface area (Å²) in [5.41, 5.74) is 5.23. The SMILES string of the molecule is C#CCSC(=Nc1cc(C)ccc1C(C)C)NC(=O)NC(C)Cc1ccc(-c2ncn(-c3ccc(OC(F)(F)F)cc3)n2)cc1. The zero-order valence-electron chi connectivity index (χ0n) is 25.2. The number of halogens is 3. The van der Waals surface area contributed by atoms with E-state index in [-0.39, 0.29) is 23.7 Å². The molecule has 0 saturated heterocycles. The number of urea groups is 1. The number of thioether (sulfide) groups is 1. The van der Waals surface area contributed by atoms with Gasteiger partial charge in [0.1, 0.15) is 12.1 Å². The fourth-order valence-electron chi connectivity index (χ4n) is 4.43. The summed E-state index contributed by atoms with van der Waals surface area (Å²) in [5, 5.41) is 10.7. The number of hydrogen-bond donors (Lipinski definition) is 2. The van der Waals surface area contributed by atoms with Crippen LogP contribution in [0.1, 0.15) is 43.4 Å². The molecule has 0 fully saturated rings. The summed E-state index contributed by atoms with van der Waals surface area (Å²) < 4.78 is 42.6. The minimum Gasteiger partial charge on any atom is -0.406 e. The number of amidine groups is 1. The molecule has 0 aliphatic carbocycles. The number of carbonyl (C=O) groups is 1. The first-order valence-electron chi connectivity index (χ1n) is 14.1. The zero-order valence-corrected chi connectivity index (χ0v) is 26.0. The molecular formula is C33H33F3N6O2S. The summed E-state index contributed by atoms with van der Waals surface area (Å²) >= 11 is 1.29. The van der Waals surface area contributed by atoms with E-state index in [1.54, 1.807) is 0 Å². The fourth-order valence-corrected chi connectivity index (χ4v) is 4.97. The molecule has 1 atom stereocenters. The Bertz CT molecular complexity index is 1680. The van der Waals surface area contributed by atoms with Crippen molar-refractivity contribution in [1.29, 1.82) is 0 Å². The van der Waals surface area contributed by atoms with Gasteiger partial charge >= 0.3 is 12.4 Å². The van der Waals surface area contributed by atoms with Gasteiger partial charge in [-0.1, -0.05) is 67.9 Å². The minimum atomic E-state index is -4.76. The topological polar surface area (TPSA) is 93.4 Å². The van der Waals surface area contributed by atoms with Crippen molar-refractivity contribution < 1.29 is 22.7 Å². The van der Waals surface area contributed by atoms with E-state index in [1.807, 2.05) is 50.2 Å². The van der Waals surface area contributed by atoms with Crippen molar-refractivity contribution in [2.45, 2.75) is 52.4 Å². The van der Waals surface area contributed by atoms with Crippen molar-refractivity contribution in [2.75, 3.05) is 5.75 Å². The summed E-state index contributed by atoms with van der Waals surface area (Å²) in [6.07, 6.45) is 2.76. The van der Waals surface area contributed by atoms with Crippen LogP contribution in [0.2, 0.25) is 0 Å². The van der Waals surface area contributed by atoms with Crippen LogP contribution in [0, 0.1) is 19.3 Å². The number of rotatable bonds is 9. The van der Waals surface area contributed by atoms with Crippen LogP contribution in [0.4, 0.5) is 23.7 Å². The number of ether oxygens (including phenoxy) is 1. The average Bonchev–Trinajstić information content (AvgIpc) is 3.46. The van der Waals surface area contributed by atoms with Gasteiger partial charge in [-0.05, 0) is 73.2 Å². The van der Waals surface area contributed by atoms with Crippen LogP contribution in [0.5, 0.6) is 5.75 Å². The molecule has 2 N–H and O–H groups in total. The number of carbonyl (C=O) groups excluding carboxylic acids is 1. The van der Waals surface area contributed by atoms with Crippen LogP contribution < -0.4 is 15.4 Å². The quantitative estimate of drug-likeness (QED) is 0.113. The highest BCUT2D eigenvalue weighted by molar-refractivity contribution is 8.14. The largest absolute Gasteiger partial charge is 0.573 e. The van der Waals surface area contributed by atoms with Crippen LogP contribution in [0.15, 0.2) is 78.0 Å². The number of nitrogens with zero attached hydrogens (tertiary/aromatic N) is 4. The molecule has 2 amide bonds. The third-order valence-electron chi connectivity index (χ3n) is 6.50. The minimum absolute atomic E-state index is 0.193. The number of aliphatic imine (C=N–C) groups is 1. The Hall–Kier alpha value is -4.76. The molecule has 3 aromatic carbocycles. The number of benzene rings is 3. The van der Waals surface area contributed by atoms with E-state index >= 15 is 0 Å². The van der Waals surface area contributed by atoms with Gasteiger partial charge in [-0.2, -0.15) is 0 Å². The number of aryl methyl sites for hydroxylation is 1. The number of amides is 2. The Kier molecular flexibility index (Phi) is 10.9. The Morgan fingerprint density at radius 1 is 1.09 bits per heavy atom. The smallest absolute Gasteiger partial charge is 0.406 e. The van der Waals surface area contributed by atoms with Gasteiger partial charge in [-0.3, -0.25) is 5.32 Å². The summed E-state index contributed by atoms with van der Waals surface area (Å²) in [6.45, 7) is 8.10. The molecule has 0 spiro atoms. The van der Waals surface area contributed by atoms with Crippen molar-refractivity contribution in [2.24, 2.45) is 4.99 Å². The first-order chi connectivity index (χ1) is 21.4. The second-order valence-corrected chi connectivity index (χ2v) is 11.5. The molecule has 1 unspecified atom stereocenters. The van der Waals surface area contributed by atoms with Crippen molar-refractivity contribution in [1.82, 2.24) is 25.4 Å². The Morgan fingerprint density at radius 2 is 1.80 bits per heavy atom. The highest BCUT2D eigenvalue weighted by Crippen LogP contribution is 2.29. The summed E-state index contributed by atoms with van der Waals surface area (Å²) in [4.78, 5) is 21.9. The molecular weight excluding hydrogens is 601 g/mol. The lowest BCUT2D eigenvalue weighted by Crippen LogP contribution is -2.43. The lowest BCUT2D eigenvalue weighted by Gasteiger charge is -2.16.